The van der Waals surface area contributed by atoms with Crippen LogP contribution in [0.25, 0.3) is 0 Å². The molecule has 0 heterocycles. The maximum Gasteiger partial charge on any atom is 0.105 e. The molecule has 0 aliphatic heterocycles. The molecule has 1 unspecified atom stereocenters. The van der Waals surface area contributed by atoms with Gasteiger partial charge in [0, 0.05) is 6.04 Å². The molecule has 0 spiro atoms. The first kappa shape index (κ1) is 13.7. The lowest BCUT2D eigenvalue weighted by molar-refractivity contribution is 0.179. The zero-order chi connectivity index (χ0) is 8.20. The zero-order valence-corrected chi connectivity index (χ0v) is 7.83. The van der Waals surface area contributed by atoms with Crippen LogP contribution in [-0.2, 0) is 0 Å². The number of aliphatic hydroxyl groups is 1. The van der Waals surface area contributed by atoms with Gasteiger partial charge in [-0.3, -0.25) is 0 Å². The van der Waals surface area contributed by atoms with Gasteiger partial charge in [-0.25, -0.2) is 4.39 Å². The highest BCUT2D eigenvalue weighted by molar-refractivity contribution is 5.85. The topological polar surface area (TPSA) is 46.2 Å². The highest BCUT2D eigenvalue weighted by Gasteiger charge is 2.16. The fraction of sp³-hybridized carbons (Fsp3) is 1.00. The van der Waals surface area contributed by atoms with E-state index in [0.717, 1.165) is 0 Å². The van der Waals surface area contributed by atoms with Crippen LogP contribution in [0.15, 0.2) is 0 Å². The number of hydrogen-bond acceptors (Lipinski definition) is 2. The third kappa shape index (κ3) is 10.1. The van der Waals surface area contributed by atoms with Gasteiger partial charge in [0.2, 0.25) is 0 Å². The standard InChI is InChI=1S/C7H16FNO.ClH/c1-7(2,8)4-3-6(9)5-10;/h6,10H,3-5,9H2,1-2H3;1H. The number of halogens is 2. The van der Waals surface area contributed by atoms with Gasteiger partial charge in [0.05, 0.1) is 6.61 Å². The van der Waals surface area contributed by atoms with Gasteiger partial charge in [0.15, 0.2) is 0 Å². The second-order valence-electron chi connectivity index (χ2n) is 3.20. The normalized spacial score (nSPS) is 13.9. The number of nitrogens with two attached hydrogens (primary N) is 1. The van der Waals surface area contributed by atoms with Gasteiger partial charge in [0.25, 0.3) is 0 Å². The Kier molecular flexibility index (Phi) is 7.16. The van der Waals surface area contributed by atoms with Gasteiger partial charge < -0.3 is 10.8 Å². The van der Waals surface area contributed by atoms with Crippen molar-refractivity contribution in [3.63, 3.8) is 0 Å². The Morgan fingerprint density at radius 3 is 2.27 bits per heavy atom. The summed E-state index contributed by atoms with van der Waals surface area (Å²) in [7, 11) is 0. The summed E-state index contributed by atoms with van der Waals surface area (Å²) in [6, 6.07) is -0.268. The molecule has 0 saturated carbocycles. The van der Waals surface area contributed by atoms with E-state index in [9.17, 15) is 4.39 Å². The molecule has 0 fully saturated rings. The summed E-state index contributed by atoms with van der Waals surface area (Å²) in [5, 5.41) is 8.48. The lowest BCUT2D eigenvalue weighted by Crippen LogP contribution is -2.27. The van der Waals surface area contributed by atoms with E-state index in [2.05, 4.69) is 0 Å². The van der Waals surface area contributed by atoms with Crippen LogP contribution in [0.3, 0.4) is 0 Å². The molecule has 0 saturated heterocycles. The average Bonchev–Trinajstić information content (AvgIpc) is 1.81. The van der Waals surface area contributed by atoms with Crippen LogP contribution in [0.2, 0.25) is 0 Å². The van der Waals surface area contributed by atoms with Gasteiger partial charge in [-0.1, -0.05) is 0 Å². The third-order valence-electron chi connectivity index (χ3n) is 1.34. The number of hydrogen-bond donors (Lipinski definition) is 2. The summed E-state index contributed by atoms with van der Waals surface area (Å²) in [5.74, 6) is 0. The maximum absolute atomic E-state index is 12.7. The van der Waals surface area contributed by atoms with Gasteiger partial charge >= 0.3 is 0 Å². The van der Waals surface area contributed by atoms with Crippen molar-refractivity contribution < 1.29 is 9.50 Å². The summed E-state index contributed by atoms with van der Waals surface area (Å²) in [5.41, 5.74) is 4.20. The van der Waals surface area contributed by atoms with E-state index in [1.807, 2.05) is 0 Å². The zero-order valence-electron chi connectivity index (χ0n) is 7.01. The first-order valence-corrected chi connectivity index (χ1v) is 3.51. The first-order valence-electron chi connectivity index (χ1n) is 3.51. The van der Waals surface area contributed by atoms with E-state index < -0.39 is 5.67 Å². The van der Waals surface area contributed by atoms with Crippen LogP contribution in [-0.4, -0.2) is 23.4 Å². The molecular formula is C7H17ClFNO. The van der Waals surface area contributed by atoms with E-state index in [0.29, 0.717) is 12.8 Å². The van der Waals surface area contributed by atoms with Crippen molar-refractivity contribution in [3.05, 3.63) is 0 Å². The highest BCUT2D eigenvalue weighted by atomic mass is 35.5. The van der Waals surface area contributed by atoms with Crippen LogP contribution in [0, 0.1) is 0 Å². The number of rotatable bonds is 4. The molecule has 0 aliphatic rings. The van der Waals surface area contributed by atoms with Crippen LogP contribution in [0.1, 0.15) is 26.7 Å². The molecule has 11 heavy (non-hydrogen) atoms. The molecule has 0 amide bonds. The molecule has 0 radical (unpaired) electrons. The highest BCUT2D eigenvalue weighted by Crippen LogP contribution is 2.16. The minimum atomic E-state index is -1.16. The predicted octanol–water partition coefficient (Wildman–Crippen LogP) is 1.26. The molecule has 70 valence electrons. The lowest BCUT2D eigenvalue weighted by Gasteiger charge is -2.15. The Balaban J connectivity index is 0. The van der Waals surface area contributed by atoms with Gasteiger partial charge in [-0.2, -0.15) is 0 Å². The Hall–Kier alpha value is 0.140. The van der Waals surface area contributed by atoms with Crippen molar-refractivity contribution in [2.45, 2.75) is 38.4 Å². The van der Waals surface area contributed by atoms with E-state index in [4.69, 9.17) is 10.8 Å². The minimum Gasteiger partial charge on any atom is -0.395 e. The van der Waals surface area contributed by atoms with Crippen LogP contribution >= 0.6 is 12.4 Å². The Labute approximate surface area is 73.4 Å². The smallest absolute Gasteiger partial charge is 0.105 e. The Morgan fingerprint density at radius 2 is 2.00 bits per heavy atom. The first-order chi connectivity index (χ1) is 4.45. The van der Waals surface area contributed by atoms with Crippen molar-refractivity contribution in [2.75, 3.05) is 6.61 Å². The molecule has 0 aliphatic carbocycles. The largest absolute Gasteiger partial charge is 0.395 e. The van der Waals surface area contributed by atoms with Crippen LogP contribution in [0.4, 0.5) is 4.39 Å². The SMILES string of the molecule is CC(C)(F)CCC(N)CO.Cl. The summed E-state index contributed by atoms with van der Waals surface area (Å²) >= 11 is 0. The molecule has 0 rings (SSSR count). The third-order valence-corrected chi connectivity index (χ3v) is 1.34. The fourth-order valence-corrected chi connectivity index (χ4v) is 0.620. The fourth-order valence-electron chi connectivity index (χ4n) is 0.620. The molecule has 0 aromatic heterocycles. The Bertz CT molecular complexity index is 94.9. The van der Waals surface area contributed by atoms with Gasteiger partial charge in [-0.05, 0) is 26.7 Å². The lowest BCUT2D eigenvalue weighted by atomic mass is 10.0. The predicted molar refractivity (Wildman–Crippen MR) is 46.7 cm³/mol. The van der Waals surface area contributed by atoms with Crippen molar-refractivity contribution in [3.8, 4) is 0 Å². The molecule has 0 aromatic carbocycles. The summed E-state index contributed by atoms with van der Waals surface area (Å²) in [6.07, 6.45) is 0.953. The molecule has 0 bridgehead atoms. The summed E-state index contributed by atoms with van der Waals surface area (Å²) in [6.45, 7) is 2.96. The van der Waals surface area contributed by atoms with Crippen molar-refractivity contribution in [1.29, 1.82) is 0 Å². The molecule has 1 atom stereocenters. The van der Waals surface area contributed by atoms with Crippen molar-refractivity contribution >= 4 is 12.4 Å². The summed E-state index contributed by atoms with van der Waals surface area (Å²) in [4.78, 5) is 0. The molecule has 2 nitrogen and oxygen atoms in total. The van der Waals surface area contributed by atoms with Crippen molar-refractivity contribution in [1.82, 2.24) is 0 Å². The van der Waals surface area contributed by atoms with E-state index in [1.165, 1.54) is 13.8 Å². The molecule has 3 N–H and O–H groups in total. The Morgan fingerprint density at radius 1 is 1.55 bits per heavy atom. The minimum absolute atomic E-state index is 0. The quantitative estimate of drug-likeness (QED) is 0.693. The van der Waals surface area contributed by atoms with E-state index >= 15 is 0 Å². The second kappa shape index (κ2) is 5.75. The van der Waals surface area contributed by atoms with E-state index in [-0.39, 0.29) is 25.1 Å². The van der Waals surface area contributed by atoms with Crippen LogP contribution in [0.5, 0.6) is 0 Å². The number of aliphatic hydroxyl groups excluding tert-OH is 1. The van der Waals surface area contributed by atoms with Gasteiger partial charge in [-0.15, -0.1) is 12.4 Å². The second-order valence-corrected chi connectivity index (χ2v) is 3.20. The maximum atomic E-state index is 12.7. The molecule has 4 heteroatoms. The van der Waals surface area contributed by atoms with E-state index in [1.54, 1.807) is 0 Å². The van der Waals surface area contributed by atoms with Crippen LogP contribution < -0.4 is 5.73 Å². The van der Waals surface area contributed by atoms with Crippen molar-refractivity contribution in [2.24, 2.45) is 5.73 Å². The summed E-state index contributed by atoms with van der Waals surface area (Å²) < 4.78 is 12.7. The monoisotopic (exact) mass is 185 g/mol. The average molecular weight is 186 g/mol. The van der Waals surface area contributed by atoms with Gasteiger partial charge in [0.1, 0.15) is 5.67 Å². The molecular weight excluding hydrogens is 169 g/mol. The molecule has 0 aromatic rings. The number of alkyl halides is 1.